The molecule has 0 radical (unpaired) electrons. The maximum Gasteiger partial charge on any atom is 0.226 e. The third-order valence-corrected chi connectivity index (χ3v) is 4.99. The Morgan fingerprint density at radius 2 is 2.00 bits per heavy atom. The van der Waals surface area contributed by atoms with E-state index in [-0.39, 0.29) is 18.2 Å². The van der Waals surface area contributed by atoms with Crippen LogP contribution in [0, 0.1) is 11.8 Å². The zero-order valence-electron chi connectivity index (χ0n) is 11.4. The van der Waals surface area contributed by atoms with E-state index in [9.17, 15) is 4.79 Å². The molecule has 106 valence electrons. The highest BCUT2D eigenvalue weighted by Gasteiger charge is 2.47. The van der Waals surface area contributed by atoms with E-state index in [1.165, 1.54) is 12.8 Å². The Labute approximate surface area is 114 Å². The van der Waals surface area contributed by atoms with Crippen LogP contribution in [0.15, 0.2) is 0 Å². The van der Waals surface area contributed by atoms with Gasteiger partial charge in [-0.25, -0.2) is 0 Å². The molecule has 0 aromatic heterocycles. The van der Waals surface area contributed by atoms with Crippen molar-refractivity contribution in [1.82, 2.24) is 4.90 Å². The minimum Gasteiger partial charge on any atom is -0.374 e. The van der Waals surface area contributed by atoms with E-state index in [2.05, 4.69) is 4.90 Å². The van der Waals surface area contributed by atoms with Crippen molar-refractivity contribution in [2.45, 2.75) is 56.8 Å². The van der Waals surface area contributed by atoms with Gasteiger partial charge in [0.05, 0.1) is 18.8 Å². The number of nitrogens with zero attached hydrogens (tertiary/aromatic N) is 1. The van der Waals surface area contributed by atoms with Crippen LogP contribution in [0.25, 0.3) is 0 Å². The van der Waals surface area contributed by atoms with E-state index >= 15 is 0 Å². The van der Waals surface area contributed by atoms with Crippen molar-refractivity contribution in [1.29, 1.82) is 0 Å². The first-order valence-corrected chi connectivity index (χ1v) is 7.86. The van der Waals surface area contributed by atoms with Gasteiger partial charge in [0.15, 0.2) is 0 Å². The van der Waals surface area contributed by atoms with Gasteiger partial charge in [-0.2, -0.15) is 0 Å². The van der Waals surface area contributed by atoms with Gasteiger partial charge in [-0.15, -0.1) is 0 Å². The van der Waals surface area contributed by atoms with E-state index in [0.29, 0.717) is 18.4 Å². The van der Waals surface area contributed by atoms with Crippen LogP contribution >= 0.6 is 0 Å². The molecule has 3 aliphatic carbocycles. The Kier molecular flexibility index (Phi) is 3.03. The second-order valence-corrected chi connectivity index (χ2v) is 6.60. The highest BCUT2D eigenvalue weighted by atomic mass is 16.5. The Bertz CT molecular complexity index is 364. The Morgan fingerprint density at radius 3 is 2.74 bits per heavy atom. The fraction of sp³-hybridized carbons (Fsp3) is 0.933. The summed E-state index contributed by atoms with van der Waals surface area (Å²) in [7, 11) is 0. The van der Waals surface area contributed by atoms with Crippen LogP contribution in [0.3, 0.4) is 0 Å². The van der Waals surface area contributed by atoms with E-state index in [4.69, 9.17) is 9.47 Å². The minimum atomic E-state index is 0.130. The fourth-order valence-corrected chi connectivity index (χ4v) is 3.48. The average Bonchev–Trinajstić information content (AvgIpc) is 3.25. The highest BCUT2D eigenvalue weighted by Crippen LogP contribution is 2.38. The molecule has 4 fully saturated rings. The molecule has 1 heterocycles. The lowest BCUT2D eigenvalue weighted by Gasteiger charge is -2.31. The fourth-order valence-electron chi connectivity index (χ4n) is 3.48. The number of rotatable bonds is 4. The van der Waals surface area contributed by atoms with Gasteiger partial charge >= 0.3 is 0 Å². The third-order valence-electron chi connectivity index (χ3n) is 4.99. The van der Waals surface area contributed by atoms with E-state index in [1.54, 1.807) is 0 Å². The summed E-state index contributed by atoms with van der Waals surface area (Å²) in [6, 6.07) is 0.277. The lowest BCUT2D eigenvalue weighted by Crippen LogP contribution is -2.47. The van der Waals surface area contributed by atoms with Crippen molar-refractivity contribution in [3.05, 3.63) is 0 Å². The summed E-state index contributed by atoms with van der Waals surface area (Å²) >= 11 is 0. The van der Waals surface area contributed by atoms with Crippen LogP contribution < -0.4 is 0 Å². The molecular weight excluding hydrogens is 242 g/mol. The van der Waals surface area contributed by atoms with E-state index < -0.39 is 0 Å². The molecular formula is C15H23NO3. The first kappa shape index (κ1) is 12.2. The van der Waals surface area contributed by atoms with Gasteiger partial charge in [-0.05, 0) is 44.4 Å². The quantitative estimate of drug-likeness (QED) is 0.774. The highest BCUT2D eigenvalue weighted by molar-refractivity contribution is 5.81. The van der Waals surface area contributed by atoms with Crippen molar-refractivity contribution in [3.63, 3.8) is 0 Å². The van der Waals surface area contributed by atoms with Gasteiger partial charge in [-0.1, -0.05) is 0 Å². The Balaban J connectivity index is 1.47. The van der Waals surface area contributed by atoms with Crippen molar-refractivity contribution in [2.75, 3.05) is 19.8 Å². The number of amides is 1. The molecule has 3 unspecified atom stereocenters. The summed E-state index contributed by atoms with van der Waals surface area (Å²) in [4.78, 5) is 14.5. The van der Waals surface area contributed by atoms with Crippen LogP contribution in [0.1, 0.15) is 38.5 Å². The number of fused-ring (bicyclic) bond motifs is 2. The van der Waals surface area contributed by atoms with Gasteiger partial charge in [-0.3, -0.25) is 4.79 Å². The molecule has 0 aromatic rings. The number of carbonyl (C=O) groups is 1. The maximum absolute atomic E-state index is 12.4. The van der Waals surface area contributed by atoms with Gasteiger partial charge in [0.1, 0.15) is 6.10 Å². The lowest BCUT2D eigenvalue weighted by atomic mass is 10.1. The molecule has 0 N–H and O–H groups in total. The zero-order valence-corrected chi connectivity index (χ0v) is 11.4. The van der Waals surface area contributed by atoms with Crippen molar-refractivity contribution in [2.24, 2.45) is 11.8 Å². The second kappa shape index (κ2) is 4.74. The van der Waals surface area contributed by atoms with Crippen LogP contribution in [-0.4, -0.2) is 48.8 Å². The molecule has 4 aliphatic rings. The second-order valence-electron chi connectivity index (χ2n) is 6.60. The average molecular weight is 265 g/mol. The molecule has 19 heavy (non-hydrogen) atoms. The smallest absolute Gasteiger partial charge is 0.226 e. The normalized spacial score (nSPS) is 38.3. The van der Waals surface area contributed by atoms with E-state index in [1.807, 2.05) is 0 Å². The number of hydrogen-bond donors (Lipinski definition) is 0. The number of carbonyl (C=O) groups excluding carboxylic acids is 1. The Morgan fingerprint density at radius 1 is 1.16 bits per heavy atom. The Hall–Kier alpha value is -0.610. The molecule has 4 heteroatoms. The number of hydrogen-bond acceptors (Lipinski definition) is 3. The summed E-state index contributed by atoms with van der Waals surface area (Å²) < 4.78 is 12.1. The topological polar surface area (TPSA) is 38.8 Å². The van der Waals surface area contributed by atoms with E-state index in [0.717, 1.165) is 44.8 Å². The monoisotopic (exact) mass is 265 g/mol. The van der Waals surface area contributed by atoms with Gasteiger partial charge in [0.25, 0.3) is 0 Å². The summed E-state index contributed by atoms with van der Waals surface area (Å²) in [5, 5.41) is 0. The predicted molar refractivity (Wildman–Crippen MR) is 69.7 cm³/mol. The molecule has 0 spiro atoms. The van der Waals surface area contributed by atoms with Gasteiger partial charge in [0, 0.05) is 19.1 Å². The largest absolute Gasteiger partial charge is 0.374 e. The minimum absolute atomic E-state index is 0.130. The molecule has 3 saturated carbocycles. The van der Waals surface area contributed by atoms with Crippen molar-refractivity contribution in [3.8, 4) is 0 Å². The van der Waals surface area contributed by atoms with Crippen molar-refractivity contribution >= 4 is 5.91 Å². The molecule has 4 rings (SSSR count). The molecule has 1 aliphatic heterocycles. The van der Waals surface area contributed by atoms with Crippen LogP contribution in [0.5, 0.6) is 0 Å². The first-order valence-electron chi connectivity index (χ1n) is 7.86. The third kappa shape index (κ3) is 2.40. The summed E-state index contributed by atoms with van der Waals surface area (Å²) in [5.74, 6) is 1.44. The standard InChI is InChI=1S/C15H23NO3/c17-15(11-3-4-11)16-7-8-18-13-6-5-12(16)14(13)19-9-10-1-2-10/h10-14H,1-9H2. The molecule has 2 bridgehead atoms. The molecule has 0 aromatic carbocycles. The molecule has 1 amide bonds. The summed E-state index contributed by atoms with van der Waals surface area (Å²) in [6.07, 6.45) is 7.25. The molecule has 1 saturated heterocycles. The van der Waals surface area contributed by atoms with Gasteiger partial charge in [0.2, 0.25) is 5.91 Å². The summed E-state index contributed by atoms with van der Waals surface area (Å²) in [6.45, 7) is 2.31. The maximum atomic E-state index is 12.4. The van der Waals surface area contributed by atoms with Crippen molar-refractivity contribution < 1.29 is 14.3 Å². The lowest BCUT2D eigenvalue weighted by molar-refractivity contribution is -0.137. The van der Waals surface area contributed by atoms with Crippen LogP contribution in [0.2, 0.25) is 0 Å². The van der Waals surface area contributed by atoms with Crippen LogP contribution in [-0.2, 0) is 14.3 Å². The summed E-state index contributed by atoms with van der Waals surface area (Å²) in [5.41, 5.74) is 0. The molecule has 4 nitrogen and oxygen atoms in total. The van der Waals surface area contributed by atoms with Gasteiger partial charge < -0.3 is 14.4 Å². The first-order chi connectivity index (χ1) is 9.33. The predicted octanol–water partition coefficient (Wildman–Crippen LogP) is 1.58. The van der Waals surface area contributed by atoms with Crippen LogP contribution in [0.4, 0.5) is 0 Å². The zero-order chi connectivity index (χ0) is 12.8. The molecule has 3 atom stereocenters. The number of ether oxygens (including phenoxy) is 2. The SMILES string of the molecule is O=C(C1CC1)N1CCOC2CCC1C2OCC1CC1.